The molecule has 0 radical (unpaired) electrons. The van der Waals surface area contributed by atoms with Crippen molar-refractivity contribution in [2.24, 2.45) is 0 Å². The standard InChI is InChI=1S/C17H36N2O.C2H6/c1-8-10-11-15(9-2)20-19-16(3,4)12-14(18-7)13-17(19,5)6;1-2/h14-15,18H,8-13H2,1-7H3;1-2H3. The number of unbranched alkanes of at least 4 members (excludes halogenated alkanes) is 1. The van der Waals surface area contributed by atoms with Crippen LogP contribution in [0.4, 0.5) is 0 Å². The summed E-state index contributed by atoms with van der Waals surface area (Å²) in [6, 6.07) is 0.579. The summed E-state index contributed by atoms with van der Waals surface area (Å²) in [6.45, 7) is 17.7. The van der Waals surface area contributed by atoms with E-state index in [2.05, 4.69) is 59.0 Å². The summed E-state index contributed by atoms with van der Waals surface area (Å²) in [4.78, 5) is 6.47. The molecule has 0 aromatic heterocycles. The molecule has 1 N–H and O–H groups in total. The number of piperidine rings is 1. The van der Waals surface area contributed by atoms with Gasteiger partial charge in [0, 0.05) is 17.1 Å². The van der Waals surface area contributed by atoms with Crippen LogP contribution in [0, 0.1) is 0 Å². The molecule has 1 unspecified atom stereocenters. The van der Waals surface area contributed by atoms with Crippen molar-refractivity contribution < 1.29 is 4.84 Å². The summed E-state index contributed by atoms with van der Waals surface area (Å²) in [6.07, 6.45) is 7.40. The van der Waals surface area contributed by atoms with Gasteiger partial charge in [-0.15, -0.1) is 0 Å². The van der Waals surface area contributed by atoms with Crippen molar-refractivity contribution in [1.29, 1.82) is 0 Å². The topological polar surface area (TPSA) is 24.5 Å². The summed E-state index contributed by atoms with van der Waals surface area (Å²) in [5, 5.41) is 5.76. The van der Waals surface area contributed by atoms with Crippen LogP contribution in [-0.2, 0) is 4.84 Å². The van der Waals surface area contributed by atoms with Crippen molar-refractivity contribution in [2.75, 3.05) is 7.05 Å². The van der Waals surface area contributed by atoms with Gasteiger partial charge in [0.05, 0.1) is 6.10 Å². The fourth-order valence-corrected chi connectivity index (χ4v) is 3.67. The van der Waals surface area contributed by atoms with Gasteiger partial charge in [-0.25, -0.2) is 0 Å². The number of nitrogens with zero attached hydrogens (tertiary/aromatic N) is 1. The van der Waals surface area contributed by atoms with Gasteiger partial charge >= 0.3 is 0 Å². The molecule has 1 aliphatic heterocycles. The molecule has 0 aromatic rings. The van der Waals surface area contributed by atoms with E-state index >= 15 is 0 Å². The molecule has 0 saturated carbocycles. The normalized spacial score (nSPS) is 22.8. The molecule has 0 bridgehead atoms. The number of nitrogens with one attached hydrogen (secondary N) is 1. The highest BCUT2D eigenvalue weighted by atomic mass is 16.7. The summed E-state index contributed by atoms with van der Waals surface area (Å²) in [7, 11) is 2.07. The number of hydrogen-bond acceptors (Lipinski definition) is 3. The van der Waals surface area contributed by atoms with Gasteiger partial charge in [-0.3, -0.25) is 4.84 Å². The second-order valence-electron chi connectivity index (χ2n) is 7.59. The van der Waals surface area contributed by atoms with Crippen LogP contribution in [0.25, 0.3) is 0 Å². The van der Waals surface area contributed by atoms with Gasteiger partial charge in [0.25, 0.3) is 0 Å². The van der Waals surface area contributed by atoms with E-state index in [0.29, 0.717) is 12.1 Å². The van der Waals surface area contributed by atoms with E-state index < -0.39 is 0 Å². The van der Waals surface area contributed by atoms with E-state index in [4.69, 9.17) is 4.84 Å². The van der Waals surface area contributed by atoms with E-state index in [9.17, 15) is 0 Å². The molecule has 22 heavy (non-hydrogen) atoms. The first-order valence-corrected chi connectivity index (χ1v) is 9.41. The Kier molecular flexibility index (Phi) is 9.84. The van der Waals surface area contributed by atoms with E-state index in [1.54, 1.807) is 0 Å². The fourth-order valence-electron chi connectivity index (χ4n) is 3.67. The van der Waals surface area contributed by atoms with Crippen molar-refractivity contribution in [3.05, 3.63) is 0 Å². The summed E-state index contributed by atoms with van der Waals surface area (Å²) < 4.78 is 0. The van der Waals surface area contributed by atoms with Gasteiger partial charge in [-0.05, 0) is 60.4 Å². The smallest absolute Gasteiger partial charge is 0.0791 e. The molecule has 1 heterocycles. The molecular formula is C19H42N2O. The minimum Gasteiger partial charge on any atom is -0.317 e. The van der Waals surface area contributed by atoms with E-state index in [0.717, 1.165) is 19.3 Å². The quantitative estimate of drug-likeness (QED) is 0.703. The summed E-state index contributed by atoms with van der Waals surface area (Å²) >= 11 is 0. The molecule has 3 nitrogen and oxygen atoms in total. The van der Waals surface area contributed by atoms with Crippen molar-refractivity contribution in [3.63, 3.8) is 0 Å². The minimum atomic E-state index is 0.0784. The maximum atomic E-state index is 6.47. The summed E-state index contributed by atoms with van der Waals surface area (Å²) in [5.41, 5.74) is 0.157. The van der Waals surface area contributed by atoms with Crippen molar-refractivity contribution in [2.45, 2.75) is 117 Å². The average molecular weight is 315 g/mol. The molecular weight excluding hydrogens is 272 g/mol. The maximum Gasteiger partial charge on any atom is 0.0791 e. The Morgan fingerprint density at radius 3 is 1.95 bits per heavy atom. The Bertz CT molecular complexity index is 271. The van der Waals surface area contributed by atoms with Crippen LogP contribution in [0.5, 0.6) is 0 Å². The molecule has 1 fully saturated rings. The molecule has 0 aliphatic carbocycles. The Morgan fingerprint density at radius 2 is 1.59 bits per heavy atom. The first kappa shape index (κ1) is 21.9. The van der Waals surface area contributed by atoms with Crippen molar-refractivity contribution >= 4 is 0 Å². The maximum absolute atomic E-state index is 6.47. The molecule has 1 rings (SSSR count). The third-order valence-corrected chi connectivity index (χ3v) is 4.59. The number of hydrogen-bond donors (Lipinski definition) is 1. The van der Waals surface area contributed by atoms with Gasteiger partial charge in [0.15, 0.2) is 0 Å². The molecule has 0 spiro atoms. The zero-order valence-electron chi connectivity index (χ0n) is 16.8. The second-order valence-corrected chi connectivity index (χ2v) is 7.59. The van der Waals surface area contributed by atoms with E-state index in [-0.39, 0.29) is 11.1 Å². The Labute approximate surface area is 140 Å². The zero-order valence-corrected chi connectivity index (χ0v) is 16.8. The average Bonchev–Trinajstić information content (AvgIpc) is 2.46. The van der Waals surface area contributed by atoms with Crippen LogP contribution in [0.1, 0.15) is 93.9 Å². The third-order valence-electron chi connectivity index (χ3n) is 4.59. The van der Waals surface area contributed by atoms with Gasteiger partial charge in [0.1, 0.15) is 0 Å². The number of hydroxylamine groups is 2. The lowest BCUT2D eigenvalue weighted by Crippen LogP contribution is -2.64. The lowest BCUT2D eigenvalue weighted by Gasteiger charge is -2.54. The highest BCUT2D eigenvalue weighted by Crippen LogP contribution is 2.39. The monoisotopic (exact) mass is 314 g/mol. The number of rotatable bonds is 7. The van der Waals surface area contributed by atoms with Gasteiger partial charge in [-0.1, -0.05) is 40.5 Å². The SMILES string of the molecule is CC.CCCCC(CC)ON1C(C)(C)CC(NC)CC1(C)C. The highest BCUT2D eigenvalue weighted by molar-refractivity contribution is 4.99. The van der Waals surface area contributed by atoms with E-state index in [1.165, 1.54) is 19.3 Å². The molecule has 1 saturated heterocycles. The predicted molar refractivity (Wildman–Crippen MR) is 98.1 cm³/mol. The fraction of sp³-hybridized carbons (Fsp3) is 1.00. The highest BCUT2D eigenvalue weighted by Gasteiger charge is 2.46. The Hall–Kier alpha value is -0.120. The molecule has 0 aromatic carbocycles. The first-order chi connectivity index (χ1) is 10.3. The lowest BCUT2D eigenvalue weighted by molar-refractivity contribution is -0.308. The molecule has 1 aliphatic rings. The van der Waals surface area contributed by atoms with Gasteiger partial charge in [0.2, 0.25) is 0 Å². The Balaban J connectivity index is 0.00000211. The van der Waals surface area contributed by atoms with Gasteiger partial charge in [-0.2, -0.15) is 5.06 Å². The largest absolute Gasteiger partial charge is 0.317 e. The van der Waals surface area contributed by atoms with Crippen LogP contribution < -0.4 is 5.32 Å². The van der Waals surface area contributed by atoms with Crippen LogP contribution >= 0.6 is 0 Å². The molecule has 3 heteroatoms. The van der Waals surface area contributed by atoms with E-state index in [1.807, 2.05) is 13.8 Å². The van der Waals surface area contributed by atoms with Crippen LogP contribution in [0.2, 0.25) is 0 Å². The minimum absolute atomic E-state index is 0.0784. The molecule has 1 atom stereocenters. The van der Waals surface area contributed by atoms with Gasteiger partial charge < -0.3 is 5.32 Å². The second kappa shape index (κ2) is 9.89. The van der Waals surface area contributed by atoms with Crippen LogP contribution in [-0.4, -0.2) is 35.3 Å². The van der Waals surface area contributed by atoms with Crippen LogP contribution in [0.3, 0.4) is 0 Å². The zero-order chi connectivity index (χ0) is 17.4. The predicted octanol–water partition coefficient (Wildman–Crippen LogP) is 5.15. The summed E-state index contributed by atoms with van der Waals surface area (Å²) in [5.74, 6) is 0. The molecule has 134 valence electrons. The van der Waals surface area contributed by atoms with Crippen LogP contribution in [0.15, 0.2) is 0 Å². The van der Waals surface area contributed by atoms with Crippen molar-refractivity contribution in [3.8, 4) is 0 Å². The first-order valence-electron chi connectivity index (χ1n) is 9.41. The Morgan fingerprint density at radius 1 is 1.09 bits per heavy atom. The third kappa shape index (κ3) is 6.17. The lowest BCUT2D eigenvalue weighted by atomic mass is 9.79. The van der Waals surface area contributed by atoms with Crippen molar-refractivity contribution in [1.82, 2.24) is 10.4 Å². The molecule has 0 amide bonds.